The Balaban J connectivity index is 2.67. The number of nitrogens with one attached hydrogen (secondary N) is 2. The van der Waals surface area contributed by atoms with E-state index in [-0.39, 0.29) is 28.7 Å². The molecule has 0 unspecified atom stereocenters. The van der Waals surface area contributed by atoms with Gasteiger partial charge in [-0.1, -0.05) is 6.07 Å². The van der Waals surface area contributed by atoms with Crippen LogP contribution in [0.15, 0.2) is 18.2 Å². The quantitative estimate of drug-likeness (QED) is 0.776. The van der Waals surface area contributed by atoms with Crippen LogP contribution in [0, 0.1) is 0 Å². The number of amides is 2. The number of ether oxygens (including phenoxy) is 1. The van der Waals surface area contributed by atoms with Gasteiger partial charge in [0.15, 0.2) is 0 Å². The van der Waals surface area contributed by atoms with Crippen LogP contribution in [0.4, 0.5) is 0 Å². The van der Waals surface area contributed by atoms with Gasteiger partial charge in [0.1, 0.15) is 11.4 Å². The smallest absolute Gasteiger partial charge is 0.270 e. The second-order valence-corrected chi connectivity index (χ2v) is 5.71. The van der Waals surface area contributed by atoms with Crippen molar-refractivity contribution >= 4 is 11.8 Å². The highest BCUT2D eigenvalue weighted by molar-refractivity contribution is 5.96. The number of aromatic nitrogens is 1. The van der Waals surface area contributed by atoms with Gasteiger partial charge in [-0.15, -0.1) is 0 Å². The Bertz CT molecular complexity index is 495. The van der Waals surface area contributed by atoms with Gasteiger partial charge >= 0.3 is 0 Å². The molecule has 0 aliphatic heterocycles. The maximum absolute atomic E-state index is 12.0. The molecule has 2 amide bonds. The fourth-order valence-electron chi connectivity index (χ4n) is 1.60. The standard InChI is InChI=1S/C15H23N3O3/c1-15(2,3)18-14(20)12-8-5-7-11(17-12)13(19)16-9-6-10-21-4/h5,7-8H,6,9-10H2,1-4H3,(H,16,19)(H,18,20). The number of nitrogens with zero attached hydrogens (tertiary/aromatic N) is 1. The first kappa shape index (κ1) is 17.1. The van der Waals surface area contributed by atoms with Crippen LogP contribution in [0.3, 0.4) is 0 Å². The number of hydrogen-bond donors (Lipinski definition) is 2. The Morgan fingerprint density at radius 2 is 1.81 bits per heavy atom. The second-order valence-electron chi connectivity index (χ2n) is 5.71. The average Bonchev–Trinajstić information content (AvgIpc) is 2.41. The summed E-state index contributed by atoms with van der Waals surface area (Å²) in [6.07, 6.45) is 0.729. The number of hydrogen-bond acceptors (Lipinski definition) is 4. The van der Waals surface area contributed by atoms with Crippen LogP contribution < -0.4 is 10.6 Å². The van der Waals surface area contributed by atoms with E-state index < -0.39 is 0 Å². The predicted molar refractivity (Wildman–Crippen MR) is 80.3 cm³/mol. The Labute approximate surface area is 125 Å². The van der Waals surface area contributed by atoms with E-state index in [1.165, 1.54) is 0 Å². The van der Waals surface area contributed by atoms with Crippen molar-refractivity contribution in [2.45, 2.75) is 32.7 Å². The SMILES string of the molecule is COCCCNC(=O)c1cccc(C(=O)NC(C)(C)C)n1. The van der Waals surface area contributed by atoms with Gasteiger partial charge in [0, 0.05) is 25.8 Å². The lowest BCUT2D eigenvalue weighted by Crippen LogP contribution is -2.41. The molecule has 0 radical (unpaired) electrons. The van der Waals surface area contributed by atoms with Crippen molar-refractivity contribution in [1.29, 1.82) is 0 Å². The fourth-order valence-corrected chi connectivity index (χ4v) is 1.60. The van der Waals surface area contributed by atoms with Crippen LogP contribution in [-0.2, 0) is 4.74 Å². The summed E-state index contributed by atoms with van der Waals surface area (Å²) in [6.45, 7) is 6.75. The van der Waals surface area contributed by atoms with E-state index in [1.807, 2.05) is 20.8 Å². The summed E-state index contributed by atoms with van der Waals surface area (Å²) in [4.78, 5) is 28.0. The lowest BCUT2D eigenvalue weighted by atomic mass is 10.1. The molecule has 1 rings (SSSR count). The molecule has 1 aromatic heterocycles. The Kier molecular flexibility index (Phi) is 6.30. The van der Waals surface area contributed by atoms with Crippen molar-refractivity contribution in [2.24, 2.45) is 0 Å². The summed E-state index contributed by atoms with van der Waals surface area (Å²) in [7, 11) is 1.61. The van der Waals surface area contributed by atoms with E-state index in [0.717, 1.165) is 6.42 Å². The van der Waals surface area contributed by atoms with Crippen molar-refractivity contribution in [3.63, 3.8) is 0 Å². The summed E-state index contributed by atoms with van der Waals surface area (Å²) in [5.74, 6) is -0.590. The molecule has 0 aliphatic rings. The number of carbonyl (C=O) groups excluding carboxylic acids is 2. The lowest BCUT2D eigenvalue weighted by Gasteiger charge is -2.20. The van der Waals surface area contributed by atoms with Crippen molar-refractivity contribution in [3.8, 4) is 0 Å². The molecule has 21 heavy (non-hydrogen) atoms. The van der Waals surface area contributed by atoms with Crippen LogP contribution in [-0.4, -0.2) is 42.6 Å². The monoisotopic (exact) mass is 293 g/mol. The molecule has 0 atom stereocenters. The van der Waals surface area contributed by atoms with E-state index in [2.05, 4.69) is 15.6 Å². The zero-order chi connectivity index (χ0) is 15.9. The molecule has 0 saturated heterocycles. The molecule has 2 N–H and O–H groups in total. The molecule has 0 aromatic carbocycles. The van der Waals surface area contributed by atoms with Gasteiger partial charge in [0.05, 0.1) is 0 Å². The van der Waals surface area contributed by atoms with Crippen LogP contribution in [0.25, 0.3) is 0 Å². The van der Waals surface area contributed by atoms with Crippen LogP contribution in [0.2, 0.25) is 0 Å². The van der Waals surface area contributed by atoms with E-state index in [9.17, 15) is 9.59 Å². The summed E-state index contributed by atoms with van der Waals surface area (Å²) in [6, 6.07) is 4.82. The van der Waals surface area contributed by atoms with Gasteiger partial charge in [0.2, 0.25) is 0 Å². The van der Waals surface area contributed by atoms with Crippen molar-refractivity contribution in [1.82, 2.24) is 15.6 Å². The van der Waals surface area contributed by atoms with E-state index in [1.54, 1.807) is 25.3 Å². The minimum absolute atomic E-state index is 0.231. The summed E-state index contributed by atoms with van der Waals surface area (Å²) in [5.41, 5.74) is 0.112. The largest absolute Gasteiger partial charge is 0.385 e. The van der Waals surface area contributed by atoms with Gasteiger partial charge in [-0.3, -0.25) is 9.59 Å². The maximum atomic E-state index is 12.0. The zero-order valence-electron chi connectivity index (χ0n) is 13.0. The Morgan fingerprint density at radius 3 is 2.38 bits per heavy atom. The van der Waals surface area contributed by atoms with Crippen molar-refractivity contribution < 1.29 is 14.3 Å². The molecule has 0 bridgehead atoms. The van der Waals surface area contributed by atoms with Gasteiger partial charge in [-0.25, -0.2) is 4.98 Å². The molecule has 0 fully saturated rings. The van der Waals surface area contributed by atoms with Gasteiger partial charge in [0.25, 0.3) is 11.8 Å². The number of pyridine rings is 1. The molecule has 0 spiro atoms. The first-order valence-corrected chi connectivity index (χ1v) is 6.90. The molecule has 6 nitrogen and oxygen atoms in total. The van der Waals surface area contributed by atoms with Crippen molar-refractivity contribution in [3.05, 3.63) is 29.6 Å². The first-order valence-electron chi connectivity index (χ1n) is 6.90. The van der Waals surface area contributed by atoms with Crippen LogP contribution in [0.5, 0.6) is 0 Å². The number of methoxy groups -OCH3 is 1. The average molecular weight is 293 g/mol. The van der Waals surface area contributed by atoms with Crippen LogP contribution in [0.1, 0.15) is 48.2 Å². The van der Waals surface area contributed by atoms with Crippen LogP contribution >= 0.6 is 0 Å². The normalized spacial score (nSPS) is 11.0. The molecule has 116 valence electrons. The van der Waals surface area contributed by atoms with E-state index in [4.69, 9.17) is 4.74 Å². The van der Waals surface area contributed by atoms with Gasteiger partial charge in [-0.05, 0) is 39.3 Å². The van der Waals surface area contributed by atoms with E-state index in [0.29, 0.717) is 13.2 Å². The highest BCUT2D eigenvalue weighted by atomic mass is 16.5. The fraction of sp³-hybridized carbons (Fsp3) is 0.533. The molecule has 6 heteroatoms. The minimum Gasteiger partial charge on any atom is -0.385 e. The highest BCUT2D eigenvalue weighted by Gasteiger charge is 2.17. The summed E-state index contributed by atoms with van der Waals surface area (Å²) < 4.78 is 4.91. The third-order valence-electron chi connectivity index (χ3n) is 2.51. The molecular weight excluding hydrogens is 270 g/mol. The topological polar surface area (TPSA) is 80.3 Å². The maximum Gasteiger partial charge on any atom is 0.270 e. The molecule has 1 heterocycles. The van der Waals surface area contributed by atoms with Gasteiger partial charge < -0.3 is 15.4 Å². The zero-order valence-corrected chi connectivity index (χ0v) is 13.0. The second kappa shape index (κ2) is 7.73. The Morgan fingerprint density at radius 1 is 1.19 bits per heavy atom. The highest BCUT2D eigenvalue weighted by Crippen LogP contribution is 2.04. The third kappa shape index (κ3) is 6.35. The van der Waals surface area contributed by atoms with E-state index >= 15 is 0 Å². The molecular formula is C15H23N3O3. The minimum atomic E-state index is -0.350. The summed E-state index contributed by atoms with van der Waals surface area (Å²) >= 11 is 0. The third-order valence-corrected chi connectivity index (χ3v) is 2.51. The first-order chi connectivity index (χ1) is 9.83. The molecule has 0 saturated carbocycles. The number of carbonyl (C=O) groups is 2. The Hall–Kier alpha value is -1.95. The van der Waals surface area contributed by atoms with Crippen molar-refractivity contribution in [2.75, 3.05) is 20.3 Å². The summed E-state index contributed by atoms with van der Waals surface area (Å²) in [5, 5.41) is 5.55. The number of rotatable bonds is 6. The predicted octanol–water partition coefficient (Wildman–Crippen LogP) is 1.38. The van der Waals surface area contributed by atoms with Gasteiger partial charge in [-0.2, -0.15) is 0 Å². The molecule has 0 aliphatic carbocycles. The molecule has 1 aromatic rings. The lowest BCUT2D eigenvalue weighted by molar-refractivity contribution is 0.0914.